The number of nitrogens with zero attached hydrogens (tertiary/aromatic N) is 2. The third-order valence-corrected chi connectivity index (χ3v) is 4.30. The zero-order valence-electron chi connectivity index (χ0n) is 15.0. The number of aromatic nitrogens is 1. The van der Waals surface area contributed by atoms with E-state index in [1.807, 2.05) is 24.0 Å². The van der Waals surface area contributed by atoms with E-state index in [0.717, 1.165) is 24.2 Å². The fourth-order valence-electron chi connectivity index (χ4n) is 2.90. The number of aryl methyl sites for hydroxylation is 1. The van der Waals surface area contributed by atoms with Gasteiger partial charge in [0, 0.05) is 18.3 Å². The van der Waals surface area contributed by atoms with E-state index >= 15 is 0 Å². The van der Waals surface area contributed by atoms with Gasteiger partial charge in [-0.15, -0.1) is 0 Å². The highest BCUT2D eigenvalue weighted by atomic mass is 19.4. The molecule has 0 bridgehead atoms. The van der Waals surface area contributed by atoms with Crippen molar-refractivity contribution in [1.82, 2.24) is 10.3 Å². The van der Waals surface area contributed by atoms with Crippen molar-refractivity contribution in [3.8, 4) is 5.88 Å². The Bertz CT molecular complexity index is 822. The Morgan fingerprint density at radius 1 is 1.26 bits per heavy atom. The second-order valence-electron chi connectivity index (χ2n) is 6.31. The number of anilines is 2. The molecule has 144 valence electrons. The SMILES string of the molecule is CCc1ccc2c(n1)OC(CNC(C)=O)CN2c1ccc(C(F)(F)F)cc1. The highest BCUT2D eigenvalue weighted by Crippen LogP contribution is 2.38. The molecule has 3 rings (SSSR count). The summed E-state index contributed by atoms with van der Waals surface area (Å²) < 4.78 is 44.4. The molecule has 27 heavy (non-hydrogen) atoms. The number of carbonyl (C=O) groups is 1. The van der Waals surface area contributed by atoms with E-state index in [1.165, 1.54) is 19.1 Å². The molecule has 0 radical (unpaired) electrons. The predicted octanol–water partition coefficient (Wildman–Crippen LogP) is 3.70. The van der Waals surface area contributed by atoms with Crippen LogP contribution in [-0.2, 0) is 17.4 Å². The number of ether oxygens (including phenoxy) is 1. The van der Waals surface area contributed by atoms with Gasteiger partial charge in [0.05, 0.1) is 18.7 Å². The molecule has 0 spiro atoms. The lowest BCUT2D eigenvalue weighted by molar-refractivity contribution is -0.137. The molecule has 0 saturated carbocycles. The maximum absolute atomic E-state index is 12.8. The lowest BCUT2D eigenvalue weighted by atomic mass is 10.1. The molecule has 2 aromatic rings. The third kappa shape index (κ3) is 4.32. The van der Waals surface area contributed by atoms with Gasteiger partial charge in [0.15, 0.2) is 0 Å². The lowest BCUT2D eigenvalue weighted by Crippen LogP contribution is -2.44. The number of benzene rings is 1. The zero-order chi connectivity index (χ0) is 19.6. The molecule has 1 amide bonds. The minimum absolute atomic E-state index is 0.180. The first-order chi connectivity index (χ1) is 12.8. The largest absolute Gasteiger partial charge is 0.469 e. The van der Waals surface area contributed by atoms with E-state index in [0.29, 0.717) is 23.8 Å². The summed E-state index contributed by atoms with van der Waals surface area (Å²) in [6.07, 6.45) is -4.02. The Balaban J connectivity index is 1.94. The normalized spacial score (nSPS) is 16.5. The van der Waals surface area contributed by atoms with Crippen molar-refractivity contribution in [2.45, 2.75) is 32.5 Å². The molecular weight excluding hydrogens is 359 g/mol. The minimum Gasteiger partial charge on any atom is -0.469 e. The van der Waals surface area contributed by atoms with Gasteiger partial charge >= 0.3 is 6.18 Å². The topological polar surface area (TPSA) is 54.5 Å². The van der Waals surface area contributed by atoms with E-state index < -0.39 is 11.7 Å². The highest BCUT2D eigenvalue weighted by Gasteiger charge is 2.32. The molecule has 1 aliphatic rings. The fourth-order valence-corrected chi connectivity index (χ4v) is 2.90. The first-order valence-corrected chi connectivity index (χ1v) is 8.63. The molecule has 1 aliphatic heterocycles. The molecule has 1 aromatic carbocycles. The minimum atomic E-state index is -4.38. The van der Waals surface area contributed by atoms with Crippen LogP contribution in [0.15, 0.2) is 36.4 Å². The van der Waals surface area contributed by atoms with Gasteiger partial charge in [-0.05, 0) is 42.8 Å². The van der Waals surface area contributed by atoms with E-state index in [4.69, 9.17) is 4.74 Å². The molecule has 0 fully saturated rings. The number of carbonyl (C=O) groups excluding carboxylic acids is 1. The van der Waals surface area contributed by atoms with Crippen LogP contribution in [0.3, 0.4) is 0 Å². The average molecular weight is 379 g/mol. The number of hydrogen-bond donors (Lipinski definition) is 1. The smallest absolute Gasteiger partial charge is 0.416 e. The van der Waals surface area contributed by atoms with E-state index in [2.05, 4.69) is 10.3 Å². The molecule has 2 heterocycles. The maximum atomic E-state index is 12.8. The molecule has 8 heteroatoms. The van der Waals surface area contributed by atoms with Crippen LogP contribution in [-0.4, -0.2) is 30.1 Å². The third-order valence-electron chi connectivity index (χ3n) is 4.30. The van der Waals surface area contributed by atoms with Crippen molar-refractivity contribution in [2.24, 2.45) is 0 Å². The quantitative estimate of drug-likeness (QED) is 0.880. The summed E-state index contributed by atoms with van der Waals surface area (Å²) in [5.74, 6) is 0.233. The number of rotatable bonds is 4. The second-order valence-corrected chi connectivity index (χ2v) is 6.31. The average Bonchev–Trinajstić information content (AvgIpc) is 2.64. The summed E-state index contributed by atoms with van der Waals surface area (Å²) in [6.45, 7) is 4.05. The number of hydrogen-bond acceptors (Lipinski definition) is 4. The van der Waals surface area contributed by atoms with Crippen LogP contribution in [0, 0.1) is 0 Å². The maximum Gasteiger partial charge on any atom is 0.416 e. The molecule has 0 saturated heterocycles. The van der Waals surface area contributed by atoms with Crippen molar-refractivity contribution >= 4 is 17.3 Å². The molecule has 1 aromatic heterocycles. The van der Waals surface area contributed by atoms with Crippen molar-refractivity contribution in [2.75, 3.05) is 18.0 Å². The van der Waals surface area contributed by atoms with E-state index in [9.17, 15) is 18.0 Å². The zero-order valence-corrected chi connectivity index (χ0v) is 15.0. The number of nitrogens with one attached hydrogen (secondary N) is 1. The van der Waals surface area contributed by atoms with Crippen LogP contribution in [0.2, 0.25) is 0 Å². The fraction of sp³-hybridized carbons (Fsp3) is 0.368. The summed E-state index contributed by atoms with van der Waals surface area (Å²) >= 11 is 0. The van der Waals surface area contributed by atoms with E-state index in [-0.39, 0.29) is 18.6 Å². The van der Waals surface area contributed by atoms with Crippen LogP contribution in [0.4, 0.5) is 24.5 Å². The Hall–Kier alpha value is -2.77. The number of fused-ring (bicyclic) bond motifs is 1. The first-order valence-electron chi connectivity index (χ1n) is 8.63. The summed E-state index contributed by atoms with van der Waals surface area (Å²) in [4.78, 5) is 17.6. The number of amides is 1. The Morgan fingerprint density at radius 2 is 1.96 bits per heavy atom. The number of pyridine rings is 1. The van der Waals surface area contributed by atoms with Crippen molar-refractivity contribution < 1.29 is 22.7 Å². The molecule has 1 unspecified atom stereocenters. The molecular formula is C19H20F3N3O2. The highest BCUT2D eigenvalue weighted by molar-refractivity contribution is 5.73. The summed E-state index contributed by atoms with van der Waals surface area (Å²) in [5.41, 5.74) is 1.44. The second kappa shape index (κ2) is 7.46. The first kappa shape index (κ1) is 19.0. The lowest BCUT2D eigenvalue weighted by Gasteiger charge is -2.35. The molecule has 0 aliphatic carbocycles. The van der Waals surface area contributed by atoms with Gasteiger partial charge in [0.2, 0.25) is 11.8 Å². The standard InChI is InChI=1S/C19H20F3N3O2/c1-3-14-6-9-17-18(24-14)27-16(10-23-12(2)26)11-25(17)15-7-4-13(5-8-15)19(20,21)22/h4-9,16H,3,10-11H2,1-2H3,(H,23,26). The van der Waals surface area contributed by atoms with Crippen LogP contribution in [0.25, 0.3) is 0 Å². The van der Waals surface area contributed by atoms with Gasteiger partial charge in [0.1, 0.15) is 11.8 Å². The van der Waals surface area contributed by atoms with E-state index in [1.54, 1.807) is 0 Å². The Kier molecular flexibility index (Phi) is 5.25. The summed E-state index contributed by atoms with van der Waals surface area (Å²) in [7, 11) is 0. The number of alkyl halides is 3. The van der Waals surface area contributed by atoms with Gasteiger partial charge in [-0.3, -0.25) is 4.79 Å². The Labute approximate surface area is 155 Å². The summed E-state index contributed by atoms with van der Waals surface area (Å²) in [6, 6.07) is 8.70. The van der Waals surface area contributed by atoms with Crippen LogP contribution in [0.1, 0.15) is 25.1 Å². The van der Waals surface area contributed by atoms with Crippen molar-refractivity contribution in [1.29, 1.82) is 0 Å². The Morgan fingerprint density at radius 3 is 2.56 bits per heavy atom. The molecule has 5 nitrogen and oxygen atoms in total. The van der Waals surface area contributed by atoms with Crippen LogP contribution < -0.4 is 15.0 Å². The predicted molar refractivity (Wildman–Crippen MR) is 95.2 cm³/mol. The van der Waals surface area contributed by atoms with Gasteiger partial charge in [-0.1, -0.05) is 6.92 Å². The van der Waals surface area contributed by atoms with Gasteiger partial charge < -0.3 is 15.0 Å². The van der Waals surface area contributed by atoms with Crippen LogP contribution >= 0.6 is 0 Å². The molecule has 1 atom stereocenters. The van der Waals surface area contributed by atoms with Gasteiger partial charge in [0.25, 0.3) is 0 Å². The monoisotopic (exact) mass is 379 g/mol. The van der Waals surface area contributed by atoms with Gasteiger partial charge in [-0.25, -0.2) is 4.98 Å². The number of halogens is 3. The molecule has 1 N–H and O–H groups in total. The van der Waals surface area contributed by atoms with Crippen LogP contribution in [0.5, 0.6) is 5.88 Å². The summed E-state index contributed by atoms with van der Waals surface area (Å²) in [5, 5.41) is 2.71. The van der Waals surface area contributed by atoms with Crippen molar-refractivity contribution in [3.63, 3.8) is 0 Å². The van der Waals surface area contributed by atoms with Crippen molar-refractivity contribution in [3.05, 3.63) is 47.7 Å². The van der Waals surface area contributed by atoms with Gasteiger partial charge in [-0.2, -0.15) is 13.2 Å².